The van der Waals surface area contributed by atoms with Crippen molar-refractivity contribution in [1.29, 1.82) is 0 Å². The molecule has 1 heterocycles. The maximum Gasteiger partial charge on any atom is 0.0345 e. The van der Waals surface area contributed by atoms with Crippen molar-refractivity contribution >= 4 is 11.6 Å². The van der Waals surface area contributed by atoms with Gasteiger partial charge in [0.25, 0.3) is 0 Å². The van der Waals surface area contributed by atoms with E-state index in [-0.39, 0.29) is 0 Å². The molecule has 11 heavy (non-hydrogen) atoms. The molecule has 0 spiro atoms. The van der Waals surface area contributed by atoms with Gasteiger partial charge < -0.3 is 5.32 Å². The van der Waals surface area contributed by atoms with Crippen LogP contribution in [0.3, 0.4) is 0 Å². The van der Waals surface area contributed by atoms with Crippen LogP contribution in [-0.4, -0.2) is 38.1 Å². The van der Waals surface area contributed by atoms with E-state index in [0.717, 1.165) is 31.2 Å². The molecule has 0 fully saturated rings. The van der Waals surface area contributed by atoms with Gasteiger partial charge in [0.2, 0.25) is 0 Å². The molecule has 1 aliphatic rings. The smallest absolute Gasteiger partial charge is 0.0345 e. The molecule has 3 heteroatoms. The predicted molar refractivity (Wildman–Crippen MR) is 48.9 cm³/mol. The largest absolute Gasteiger partial charge is 0.318 e. The molecule has 0 radical (unpaired) electrons. The Kier molecular flexibility index (Phi) is 3.37. The minimum absolute atomic E-state index is 0.940. The third-order valence-corrected chi connectivity index (χ3v) is 2.41. The van der Waals surface area contributed by atoms with Crippen LogP contribution in [0.5, 0.6) is 0 Å². The van der Waals surface area contributed by atoms with Crippen LogP contribution in [0.15, 0.2) is 10.6 Å². The molecule has 0 saturated carbocycles. The lowest BCUT2D eigenvalue weighted by Crippen LogP contribution is -2.29. The van der Waals surface area contributed by atoms with Gasteiger partial charge in [0.1, 0.15) is 0 Å². The maximum atomic E-state index is 5.95. The molecular weight excluding hydrogens is 160 g/mol. The zero-order valence-corrected chi connectivity index (χ0v) is 7.91. The first kappa shape index (κ1) is 9.04. The summed E-state index contributed by atoms with van der Waals surface area (Å²) >= 11 is 5.95. The molecule has 0 aromatic rings. The highest BCUT2D eigenvalue weighted by Gasteiger charge is 2.16. The Hall–Kier alpha value is -0.0500. The van der Waals surface area contributed by atoms with E-state index >= 15 is 0 Å². The average molecular weight is 175 g/mol. The Bertz CT molecular complexity index is 151. The highest BCUT2D eigenvalue weighted by atomic mass is 35.5. The second-order valence-electron chi connectivity index (χ2n) is 3.00. The molecule has 0 aliphatic carbocycles. The number of hydrogen-bond donors (Lipinski definition) is 1. The van der Waals surface area contributed by atoms with E-state index in [1.54, 1.807) is 0 Å². The third kappa shape index (κ3) is 2.47. The Labute approximate surface area is 73.2 Å². The van der Waals surface area contributed by atoms with Gasteiger partial charge in [-0.1, -0.05) is 11.6 Å². The first-order valence-corrected chi connectivity index (χ1v) is 4.33. The van der Waals surface area contributed by atoms with Crippen molar-refractivity contribution in [3.8, 4) is 0 Å². The Morgan fingerprint density at radius 1 is 1.55 bits per heavy atom. The summed E-state index contributed by atoms with van der Waals surface area (Å²) in [6, 6.07) is 0. The first-order valence-electron chi connectivity index (χ1n) is 3.95. The van der Waals surface area contributed by atoms with Crippen LogP contribution in [0.2, 0.25) is 0 Å². The number of rotatable bonds is 3. The number of hydrogen-bond acceptors (Lipinski definition) is 2. The van der Waals surface area contributed by atoms with Crippen molar-refractivity contribution in [2.45, 2.75) is 6.92 Å². The molecule has 0 unspecified atom stereocenters. The summed E-state index contributed by atoms with van der Waals surface area (Å²) in [5, 5.41) is 4.15. The molecule has 0 saturated heterocycles. The van der Waals surface area contributed by atoms with E-state index in [2.05, 4.69) is 17.1 Å². The van der Waals surface area contributed by atoms with Crippen molar-refractivity contribution in [2.75, 3.05) is 33.2 Å². The molecular formula is C8H15ClN2. The minimum atomic E-state index is 0.940. The van der Waals surface area contributed by atoms with Gasteiger partial charge in [-0.2, -0.15) is 0 Å². The van der Waals surface area contributed by atoms with Crippen LogP contribution < -0.4 is 5.32 Å². The van der Waals surface area contributed by atoms with Crippen LogP contribution >= 0.6 is 11.6 Å². The van der Waals surface area contributed by atoms with E-state index in [1.807, 2.05) is 7.05 Å². The number of likely N-dealkylation sites (N-methyl/N-ethyl adjacent to an activating group) is 1. The second kappa shape index (κ2) is 4.10. The Balaban J connectivity index is 2.24. The van der Waals surface area contributed by atoms with Gasteiger partial charge in [-0.25, -0.2) is 0 Å². The first-order chi connectivity index (χ1) is 5.24. The summed E-state index contributed by atoms with van der Waals surface area (Å²) in [5.74, 6) is 0. The number of halogens is 1. The second-order valence-corrected chi connectivity index (χ2v) is 3.46. The molecule has 1 N–H and O–H groups in total. The lowest BCUT2D eigenvalue weighted by molar-refractivity contribution is 0.348. The molecule has 0 amide bonds. The molecule has 0 atom stereocenters. The fourth-order valence-corrected chi connectivity index (χ4v) is 1.47. The summed E-state index contributed by atoms with van der Waals surface area (Å²) in [6.07, 6.45) is 0. The molecule has 0 aromatic carbocycles. The van der Waals surface area contributed by atoms with Gasteiger partial charge in [0.15, 0.2) is 0 Å². The summed E-state index contributed by atoms with van der Waals surface area (Å²) < 4.78 is 0. The van der Waals surface area contributed by atoms with Gasteiger partial charge >= 0.3 is 0 Å². The zero-order chi connectivity index (χ0) is 8.27. The van der Waals surface area contributed by atoms with Crippen LogP contribution in [0, 0.1) is 0 Å². The molecule has 0 aromatic heterocycles. The van der Waals surface area contributed by atoms with E-state index in [9.17, 15) is 0 Å². The average Bonchev–Trinajstić information content (AvgIpc) is 2.28. The zero-order valence-electron chi connectivity index (χ0n) is 7.15. The molecule has 0 bridgehead atoms. The van der Waals surface area contributed by atoms with Gasteiger partial charge in [0.05, 0.1) is 0 Å². The normalized spacial score (nSPS) is 19.9. The quantitative estimate of drug-likeness (QED) is 0.688. The standard InChI is InChI=1S/C8H15ClN2/c1-7-5-11(4-3-10-2)6-8(7)9/h10H,3-6H2,1-2H3. The fourth-order valence-electron chi connectivity index (χ4n) is 1.24. The van der Waals surface area contributed by atoms with Crippen LogP contribution in [0.4, 0.5) is 0 Å². The lowest BCUT2D eigenvalue weighted by Gasteiger charge is -2.14. The Morgan fingerprint density at radius 3 is 2.73 bits per heavy atom. The van der Waals surface area contributed by atoms with Crippen molar-refractivity contribution in [3.05, 3.63) is 10.6 Å². The van der Waals surface area contributed by atoms with Crippen LogP contribution in [0.1, 0.15) is 6.92 Å². The van der Waals surface area contributed by atoms with E-state index < -0.39 is 0 Å². The van der Waals surface area contributed by atoms with E-state index in [0.29, 0.717) is 0 Å². The topological polar surface area (TPSA) is 15.3 Å². The lowest BCUT2D eigenvalue weighted by atomic mass is 10.3. The molecule has 64 valence electrons. The molecule has 2 nitrogen and oxygen atoms in total. The van der Waals surface area contributed by atoms with E-state index in [1.165, 1.54) is 5.57 Å². The van der Waals surface area contributed by atoms with Gasteiger partial charge in [-0.15, -0.1) is 0 Å². The summed E-state index contributed by atoms with van der Waals surface area (Å²) in [6.45, 7) is 6.21. The third-order valence-electron chi connectivity index (χ3n) is 1.96. The van der Waals surface area contributed by atoms with Crippen molar-refractivity contribution in [2.24, 2.45) is 0 Å². The predicted octanol–water partition coefficient (Wildman–Crippen LogP) is 1.03. The van der Waals surface area contributed by atoms with Crippen LogP contribution in [-0.2, 0) is 0 Å². The molecule has 1 rings (SSSR count). The van der Waals surface area contributed by atoms with Crippen molar-refractivity contribution in [1.82, 2.24) is 10.2 Å². The number of nitrogens with zero attached hydrogens (tertiary/aromatic N) is 1. The van der Waals surface area contributed by atoms with Gasteiger partial charge in [-0.3, -0.25) is 4.90 Å². The van der Waals surface area contributed by atoms with Gasteiger partial charge in [-0.05, 0) is 19.5 Å². The number of nitrogens with one attached hydrogen (secondary N) is 1. The summed E-state index contributed by atoms with van der Waals surface area (Å²) in [4.78, 5) is 2.34. The molecule has 1 aliphatic heterocycles. The highest BCUT2D eigenvalue weighted by molar-refractivity contribution is 6.30. The van der Waals surface area contributed by atoms with Crippen molar-refractivity contribution < 1.29 is 0 Å². The fraction of sp³-hybridized carbons (Fsp3) is 0.750. The summed E-state index contributed by atoms with van der Waals surface area (Å²) in [7, 11) is 1.97. The van der Waals surface area contributed by atoms with E-state index in [4.69, 9.17) is 11.6 Å². The van der Waals surface area contributed by atoms with Crippen LogP contribution in [0.25, 0.3) is 0 Å². The maximum absolute atomic E-state index is 5.95. The minimum Gasteiger partial charge on any atom is -0.318 e. The van der Waals surface area contributed by atoms with Gasteiger partial charge in [0, 0.05) is 31.2 Å². The Morgan fingerprint density at radius 2 is 2.27 bits per heavy atom. The van der Waals surface area contributed by atoms with Crippen molar-refractivity contribution in [3.63, 3.8) is 0 Å². The summed E-state index contributed by atoms with van der Waals surface area (Å²) in [5.41, 5.74) is 1.32. The highest BCUT2D eigenvalue weighted by Crippen LogP contribution is 2.18. The SMILES string of the molecule is CNCCN1CC(C)=C(Cl)C1. The monoisotopic (exact) mass is 174 g/mol.